The highest BCUT2D eigenvalue weighted by atomic mass is 79.9. The lowest BCUT2D eigenvalue weighted by Gasteiger charge is -2.10. The maximum Gasteiger partial charge on any atom is 0.137 e. The van der Waals surface area contributed by atoms with Gasteiger partial charge in [0.05, 0.1) is 4.47 Å². The molecular weight excluding hydrogens is 316 g/mol. The first-order valence-electron chi connectivity index (χ1n) is 6.81. The van der Waals surface area contributed by atoms with Crippen LogP contribution in [0.25, 0.3) is 0 Å². The van der Waals surface area contributed by atoms with E-state index in [-0.39, 0.29) is 11.5 Å². The predicted molar refractivity (Wildman–Crippen MR) is 88.3 cm³/mol. The summed E-state index contributed by atoms with van der Waals surface area (Å²) in [6.45, 7) is 8.11. The SMILES string of the molecule is CC(C)=CCC/C(C)=C/Cc1c(O)cc(C)c(Br)c1O. The lowest BCUT2D eigenvalue weighted by molar-refractivity contribution is 0.438. The zero-order valence-electron chi connectivity index (χ0n) is 12.6. The Morgan fingerprint density at radius 2 is 1.85 bits per heavy atom. The van der Waals surface area contributed by atoms with Crippen molar-refractivity contribution in [3.8, 4) is 11.5 Å². The number of allylic oxidation sites excluding steroid dienone is 4. The minimum absolute atomic E-state index is 0.135. The molecule has 0 aliphatic rings. The fraction of sp³-hybridized carbons (Fsp3) is 0.412. The van der Waals surface area contributed by atoms with E-state index in [1.54, 1.807) is 6.07 Å². The van der Waals surface area contributed by atoms with E-state index in [1.807, 2.05) is 6.92 Å². The molecule has 2 nitrogen and oxygen atoms in total. The molecule has 0 bridgehead atoms. The van der Waals surface area contributed by atoms with Crippen LogP contribution in [0.15, 0.2) is 33.8 Å². The van der Waals surface area contributed by atoms with E-state index in [1.165, 1.54) is 11.1 Å². The molecule has 0 saturated heterocycles. The van der Waals surface area contributed by atoms with Crippen LogP contribution >= 0.6 is 15.9 Å². The van der Waals surface area contributed by atoms with Crippen molar-refractivity contribution in [2.45, 2.75) is 47.0 Å². The van der Waals surface area contributed by atoms with Crippen molar-refractivity contribution < 1.29 is 10.2 Å². The summed E-state index contributed by atoms with van der Waals surface area (Å²) < 4.78 is 0.654. The van der Waals surface area contributed by atoms with Crippen LogP contribution in [-0.4, -0.2) is 10.2 Å². The van der Waals surface area contributed by atoms with Crippen LogP contribution in [0, 0.1) is 6.92 Å². The molecule has 2 N–H and O–H groups in total. The Morgan fingerprint density at radius 3 is 2.45 bits per heavy atom. The molecule has 20 heavy (non-hydrogen) atoms. The minimum Gasteiger partial charge on any atom is -0.508 e. The van der Waals surface area contributed by atoms with Gasteiger partial charge in [-0.05, 0) is 74.5 Å². The van der Waals surface area contributed by atoms with Gasteiger partial charge < -0.3 is 10.2 Å². The van der Waals surface area contributed by atoms with Gasteiger partial charge in [-0.25, -0.2) is 0 Å². The molecule has 0 aliphatic carbocycles. The molecule has 0 saturated carbocycles. The Balaban J connectivity index is 2.79. The van der Waals surface area contributed by atoms with E-state index >= 15 is 0 Å². The molecule has 0 aliphatic heterocycles. The summed E-state index contributed by atoms with van der Waals surface area (Å²) in [6.07, 6.45) is 6.85. The van der Waals surface area contributed by atoms with E-state index in [9.17, 15) is 10.2 Å². The third-order valence-electron chi connectivity index (χ3n) is 3.25. The lowest BCUT2D eigenvalue weighted by Crippen LogP contribution is -1.89. The first-order chi connectivity index (χ1) is 9.32. The van der Waals surface area contributed by atoms with Gasteiger partial charge in [-0.15, -0.1) is 0 Å². The van der Waals surface area contributed by atoms with E-state index in [2.05, 4.69) is 48.9 Å². The van der Waals surface area contributed by atoms with E-state index < -0.39 is 0 Å². The average Bonchev–Trinajstić information content (AvgIpc) is 2.35. The first-order valence-corrected chi connectivity index (χ1v) is 7.61. The topological polar surface area (TPSA) is 40.5 Å². The van der Waals surface area contributed by atoms with Gasteiger partial charge in [-0.3, -0.25) is 0 Å². The van der Waals surface area contributed by atoms with Gasteiger partial charge >= 0.3 is 0 Å². The number of hydrogen-bond acceptors (Lipinski definition) is 2. The van der Waals surface area contributed by atoms with Crippen molar-refractivity contribution in [2.75, 3.05) is 0 Å². The third-order valence-corrected chi connectivity index (χ3v) is 4.25. The van der Waals surface area contributed by atoms with Gasteiger partial charge in [-0.2, -0.15) is 0 Å². The number of phenols is 2. The Morgan fingerprint density at radius 1 is 1.20 bits per heavy atom. The molecule has 110 valence electrons. The van der Waals surface area contributed by atoms with Gasteiger partial charge in [0.2, 0.25) is 0 Å². The number of hydrogen-bond donors (Lipinski definition) is 2. The van der Waals surface area contributed by atoms with Crippen LogP contribution in [0.5, 0.6) is 11.5 Å². The average molecular weight is 339 g/mol. The third kappa shape index (κ3) is 4.71. The van der Waals surface area contributed by atoms with Crippen molar-refractivity contribution in [3.63, 3.8) is 0 Å². The quantitative estimate of drug-likeness (QED) is 0.705. The zero-order chi connectivity index (χ0) is 15.3. The number of rotatable bonds is 5. The summed E-state index contributed by atoms with van der Waals surface area (Å²) >= 11 is 3.34. The fourth-order valence-corrected chi connectivity index (χ4v) is 2.32. The second-order valence-electron chi connectivity index (χ2n) is 5.43. The lowest BCUT2D eigenvalue weighted by atomic mass is 10.0. The summed E-state index contributed by atoms with van der Waals surface area (Å²) in [5.74, 6) is 0.285. The predicted octanol–water partition coefficient (Wildman–Crippen LogP) is 5.40. The number of aryl methyl sites for hydroxylation is 1. The molecule has 1 rings (SSSR count). The van der Waals surface area contributed by atoms with E-state index in [0.29, 0.717) is 16.5 Å². The normalized spacial score (nSPS) is 11.6. The number of phenolic OH excluding ortho intramolecular Hbond substituents is 2. The molecule has 3 heteroatoms. The van der Waals surface area contributed by atoms with E-state index in [4.69, 9.17) is 0 Å². The molecule has 0 unspecified atom stereocenters. The zero-order valence-corrected chi connectivity index (χ0v) is 14.2. The van der Waals surface area contributed by atoms with Gasteiger partial charge in [0, 0.05) is 5.56 Å². The van der Waals surface area contributed by atoms with Gasteiger partial charge in [0.15, 0.2) is 0 Å². The Kier molecular flexibility index (Phi) is 6.34. The number of aromatic hydroxyl groups is 2. The van der Waals surface area contributed by atoms with Crippen molar-refractivity contribution in [1.82, 2.24) is 0 Å². The minimum atomic E-state index is 0.135. The number of halogens is 1. The van der Waals surface area contributed by atoms with Gasteiger partial charge in [0.1, 0.15) is 11.5 Å². The van der Waals surface area contributed by atoms with Gasteiger partial charge in [0.25, 0.3) is 0 Å². The van der Waals surface area contributed by atoms with Crippen LogP contribution in [0.2, 0.25) is 0 Å². The molecule has 1 aromatic rings. The summed E-state index contributed by atoms with van der Waals surface area (Å²) in [5.41, 5.74) is 3.99. The summed E-state index contributed by atoms with van der Waals surface area (Å²) in [5, 5.41) is 20.0. The Labute approximate surface area is 130 Å². The fourth-order valence-electron chi connectivity index (χ4n) is 1.96. The maximum absolute atomic E-state index is 10.1. The van der Waals surface area contributed by atoms with Crippen molar-refractivity contribution in [3.05, 3.63) is 45.0 Å². The smallest absolute Gasteiger partial charge is 0.137 e. The molecule has 0 amide bonds. The largest absolute Gasteiger partial charge is 0.508 e. The molecule has 0 spiro atoms. The van der Waals surface area contributed by atoms with Crippen LogP contribution in [0.1, 0.15) is 44.7 Å². The highest BCUT2D eigenvalue weighted by Gasteiger charge is 2.12. The van der Waals surface area contributed by atoms with Crippen molar-refractivity contribution in [2.24, 2.45) is 0 Å². The summed E-state index contributed by atoms with van der Waals surface area (Å²) in [7, 11) is 0. The summed E-state index contributed by atoms with van der Waals surface area (Å²) in [6, 6.07) is 1.67. The Hall–Kier alpha value is -1.22. The maximum atomic E-state index is 10.1. The Bertz CT molecular complexity index is 538. The van der Waals surface area contributed by atoms with Crippen molar-refractivity contribution in [1.29, 1.82) is 0 Å². The second kappa shape index (κ2) is 7.53. The van der Waals surface area contributed by atoms with Crippen LogP contribution in [0.3, 0.4) is 0 Å². The highest BCUT2D eigenvalue weighted by molar-refractivity contribution is 9.10. The van der Waals surface area contributed by atoms with Crippen LogP contribution < -0.4 is 0 Å². The van der Waals surface area contributed by atoms with E-state index in [0.717, 1.165) is 18.4 Å². The number of benzene rings is 1. The van der Waals surface area contributed by atoms with Crippen molar-refractivity contribution >= 4 is 15.9 Å². The summed E-state index contributed by atoms with van der Waals surface area (Å²) in [4.78, 5) is 0. The molecule has 0 aromatic heterocycles. The standard InChI is InChI=1S/C17H23BrO2/c1-11(2)6-5-7-12(3)8-9-14-15(19)10-13(4)16(18)17(14)20/h6,8,10,19-20H,5,7,9H2,1-4H3/b12-8+. The molecular formula is C17H23BrO2. The molecule has 0 radical (unpaired) electrons. The second-order valence-corrected chi connectivity index (χ2v) is 6.22. The van der Waals surface area contributed by atoms with Crippen LogP contribution in [-0.2, 0) is 6.42 Å². The van der Waals surface area contributed by atoms with Crippen LogP contribution in [0.4, 0.5) is 0 Å². The molecule has 0 fully saturated rings. The monoisotopic (exact) mass is 338 g/mol. The van der Waals surface area contributed by atoms with Gasteiger partial charge in [-0.1, -0.05) is 23.3 Å². The molecule has 0 atom stereocenters. The first kappa shape index (κ1) is 16.8. The molecule has 0 heterocycles. The molecule has 1 aromatic carbocycles. The highest BCUT2D eigenvalue weighted by Crippen LogP contribution is 2.37.